The number of sulfonamides is 1. The van der Waals surface area contributed by atoms with Crippen LogP contribution >= 0.6 is 15.9 Å². The lowest BCUT2D eigenvalue weighted by atomic mass is 9.99. The van der Waals surface area contributed by atoms with E-state index in [1.54, 1.807) is 22.5 Å². The lowest BCUT2D eigenvalue weighted by Gasteiger charge is -2.32. The zero-order valence-electron chi connectivity index (χ0n) is 16.0. The van der Waals surface area contributed by atoms with E-state index in [9.17, 15) is 8.42 Å². The van der Waals surface area contributed by atoms with Gasteiger partial charge in [-0.2, -0.15) is 4.31 Å². The van der Waals surface area contributed by atoms with Crippen LogP contribution in [0.1, 0.15) is 49.7 Å². The number of methoxy groups -OCH3 is 1. The van der Waals surface area contributed by atoms with Gasteiger partial charge in [0.15, 0.2) is 0 Å². The highest BCUT2D eigenvalue weighted by Crippen LogP contribution is 2.34. The van der Waals surface area contributed by atoms with E-state index in [1.165, 1.54) is 13.5 Å². The van der Waals surface area contributed by atoms with Gasteiger partial charge in [-0.3, -0.25) is 0 Å². The van der Waals surface area contributed by atoms with E-state index < -0.39 is 10.0 Å². The molecular weight excluding hydrogens is 444 g/mol. The molecule has 7 nitrogen and oxygen atoms in total. The molecule has 3 heterocycles. The summed E-state index contributed by atoms with van der Waals surface area (Å²) in [5.41, 5.74) is 0. The maximum absolute atomic E-state index is 13.4. The van der Waals surface area contributed by atoms with E-state index in [0.29, 0.717) is 23.3 Å². The van der Waals surface area contributed by atoms with Gasteiger partial charge in [0, 0.05) is 36.4 Å². The van der Waals surface area contributed by atoms with Crippen LogP contribution in [-0.4, -0.2) is 47.7 Å². The van der Waals surface area contributed by atoms with Crippen molar-refractivity contribution in [3.8, 4) is 5.75 Å². The summed E-state index contributed by atoms with van der Waals surface area (Å²) in [6.07, 6.45) is 6.17. The number of hydrogen-bond acceptors (Lipinski definition) is 5. The second kappa shape index (κ2) is 8.12. The van der Waals surface area contributed by atoms with Crippen LogP contribution in [0.2, 0.25) is 0 Å². The third-order valence-electron chi connectivity index (χ3n) is 5.63. The molecule has 9 heteroatoms. The van der Waals surface area contributed by atoms with Crippen molar-refractivity contribution in [3.05, 3.63) is 34.3 Å². The van der Waals surface area contributed by atoms with Gasteiger partial charge in [-0.15, -0.1) is 10.2 Å². The minimum Gasteiger partial charge on any atom is -0.495 e. The first-order valence-corrected chi connectivity index (χ1v) is 12.0. The summed E-state index contributed by atoms with van der Waals surface area (Å²) in [6.45, 7) is 1.87. The average molecular weight is 469 g/mol. The van der Waals surface area contributed by atoms with Crippen molar-refractivity contribution in [2.45, 2.75) is 55.9 Å². The molecule has 0 aliphatic carbocycles. The summed E-state index contributed by atoms with van der Waals surface area (Å²) in [4.78, 5) is 0.199. The molecule has 1 aromatic carbocycles. The molecule has 0 spiro atoms. The van der Waals surface area contributed by atoms with Gasteiger partial charge in [-0.25, -0.2) is 8.42 Å². The third kappa shape index (κ3) is 3.71. The van der Waals surface area contributed by atoms with E-state index in [0.717, 1.165) is 50.3 Å². The van der Waals surface area contributed by atoms with Gasteiger partial charge in [-0.1, -0.05) is 22.4 Å². The highest BCUT2D eigenvalue weighted by atomic mass is 79.9. The minimum absolute atomic E-state index is 0.0704. The fourth-order valence-corrected chi connectivity index (χ4v) is 6.39. The highest BCUT2D eigenvalue weighted by Gasteiger charge is 2.35. The first kappa shape index (κ1) is 19.8. The number of benzene rings is 1. The van der Waals surface area contributed by atoms with Crippen molar-refractivity contribution in [1.29, 1.82) is 0 Å². The van der Waals surface area contributed by atoms with E-state index in [4.69, 9.17) is 4.74 Å². The first-order valence-electron chi connectivity index (χ1n) is 9.76. The summed E-state index contributed by atoms with van der Waals surface area (Å²) < 4.78 is 36.5. The molecule has 1 unspecified atom stereocenters. The van der Waals surface area contributed by atoms with Gasteiger partial charge in [-0.05, 0) is 43.9 Å². The Balaban J connectivity index is 1.63. The Labute approximate surface area is 174 Å². The number of ether oxygens (including phenoxy) is 1. The number of halogens is 1. The summed E-state index contributed by atoms with van der Waals surface area (Å²) in [5.74, 6) is 2.42. The summed E-state index contributed by atoms with van der Waals surface area (Å²) in [7, 11) is -2.17. The number of fused-ring (bicyclic) bond motifs is 1. The number of nitrogens with zero attached hydrogens (tertiary/aromatic N) is 4. The predicted octanol–water partition coefficient (Wildman–Crippen LogP) is 3.34. The van der Waals surface area contributed by atoms with Crippen LogP contribution in [0.5, 0.6) is 5.75 Å². The molecule has 1 saturated heterocycles. The molecule has 0 radical (unpaired) electrons. The number of aryl methyl sites for hydroxylation is 1. The molecule has 4 rings (SSSR count). The molecule has 152 valence electrons. The highest BCUT2D eigenvalue weighted by molar-refractivity contribution is 9.10. The fourth-order valence-electron chi connectivity index (χ4n) is 4.17. The molecule has 28 heavy (non-hydrogen) atoms. The molecule has 0 saturated carbocycles. The molecule has 1 atom stereocenters. The second-order valence-corrected chi connectivity index (χ2v) is 10.3. The molecule has 1 fully saturated rings. The van der Waals surface area contributed by atoms with Gasteiger partial charge in [0.2, 0.25) is 10.0 Å². The molecule has 2 aliphatic heterocycles. The molecule has 0 amide bonds. The molecule has 0 N–H and O–H groups in total. The SMILES string of the molecule is COc1ccc(Br)cc1S(=O)(=O)N1CCCC(c2nnc3n2CCCCC3)C1. The van der Waals surface area contributed by atoms with Gasteiger partial charge in [0.1, 0.15) is 22.3 Å². The predicted molar refractivity (Wildman–Crippen MR) is 109 cm³/mol. The summed E-state index contributed by atoms with van der Waals surface area (Å²) in [5, 5.41) is 8.85. The average Bonchev–Trinajstić information content (AvgIpc) is 2.96. The van der Waals surface area contributed by atoms with Crippen molar-refractivity contribution in [1.82, 2.24) is 19.1 Å². The first-order chi connectivity index (χ1) is 13.5. The zero-order valence-corrected chi connectivity index (χ0v) is 18.4. The van der Waals surface area contributed by atoms with Crippen LogP contribution in [0.25, 0.3) is 0 Å². The van der Waals surface area contributed by atoms with Gasteiger partial charge in [0.25, 0.3) is 0 Å². The number of aromatic nitrogens is 3. The van der Waals surface area contributed by atoms with Crippen LogP contribution in [-0.2, 0) is 23.0 Å². The number of rotatable bonds is 4. The standard InChI is InChI=1S/C19H25BrN4O3S/c1-27-16-9-8-15(20)12-17(16)28(25,26)23-10-5-6-14(13-23)19-22-21-18-7-3-2-4-11-24(18)19/h8-9,12,14H,2-7,10-11,13H2,1H3. The van der Waals surface area contributed by atoms with Crippen molar-refractivity contribution >= 4 is 26.0 Å². The largest absolute Gasteiger partial charge is 0.495 e. The van der Waals surface area contributed by atoms with Gasteiger partial charge in [0.05, 0.1) is 7.11 Å². The third-order valence-corrected chi connectivity index (χ3v) is 8.01. The second-order valence-electron chi connectivity index (χ2n) is 7.43. The van der Waals surface area contributed by atoms with Crippen molar-refractivity contribution in [2.75, 3.05) is 20.2 Å². The van der Waals surface area contributed by atoms with E-state index in [1.807, 2.05) is 0 Å². The Bertz CT molecular complexity index is 960. The van der Waals surface area contributed by atoms with E-state index >= 15 is 0 Å². The maximum atomic E-state index is 13.4. The Kier molecular flexibility index (Phi) is 5.76. The molecule has 2 aromatic rings. The summed E-state index contributed by atoms with van der Waals surface area (Å²) >= 11 is 3.37. The fraction of sp³-hybridized carbons (Fsp3) is 0.579. The Hall–Kier alpha value is -1.45. The molecule has 1 aromatic heterocycles. The number of piperidine rings is 1. The topological polar surface area (TPSA) is 77.3 Å². The van der Waals surface area contributed by atoms with Crippen molar-refractivity contribution < 1.29 is 13.2 Å². The van der Waals surface area contributed by atoms with E-state index in [2.05, 4.69) is 30.7 Å². The van der Waals surface area contributed by atoms with Crippen LogP contribution in [0, 0.1) is 0 Å². The van der Waals surface area contributed by atoms with Crippen LogP contribution in [0.3, 0.4) is 0 Å². The van der Waals surface area contributed by atoms with E-state index in [-0.39, 0.29) is 10.8 Å². The van der Waals surface area contributed by atoms with Crippen molar-refractivity contribution in [3.63, 3.8) is 0 Å². The quantitative estimate of drug-likeness (QED) is 0.687. The smallest absolute Gasteiger partial charge is 0.246 e. The zero-order chi connectivity index (χ0) is 19.7. The summed E-state index contributed by atoms with van der Waals surface area (Å²) in [6, 6.07) is 5.07. The van der Waals surface area contributed by atoms with Crippen LogP contribution in [0.15, 0.2) is 27.6 Å². The molecule has 2 aliphatic rings. The Morgan fingerprint density at radius 3 is 2.82 bits per heavy atom. The minimum atomic E-state index is -3.66. The van der Waals surface area contributed by atoms with Crippen LogP contribution in [0.4, 0.5) is 0 Å². The lowest BCUT2D eigenvalue weighted by Crippen LogP contribution is -2.40. The lowest BCUT2D eigenvalue weighted by molar-refractivity contribution is 0.302. The van der Waals surface area contributed by atoms with Gasteiger partial charge < -0.3 is 9.30 Å². The monoisotopic (exact) mass is 468 g/mol. The maximum Gasteiger partial charge on any atom is 0.246 e. The molecular formula is C19H25BrN4O3S. The number of hydrogen-bond donors (Lipinski definition) is 0. The Morgan fingerprint density at radius 2 is 2.00 bits per heavy atom. The van der Waals surface area contributed by atoms with Crippen LogP contribution < -0.4 is 4.74 Å². The molecule has 0 bridgehead atoms. The van der Waals surface area contributed by atoms with Crippen molar-refractivity contribution in [2.24, 2.45) is 0 Å². The normalized spacial score (nSPS) is 21.1. The van der Waals surface area contributed by atoms with Gasteiger partial charge >= 0.3 is 0 Å². The Morgan fingerprint density at radius 1 is 1.14 bits per heavy atom.